The Kier molecular flexibility index (Phi) is 9.51. The summed E-state index contributed by atoms with van der Waals surface area (Å²) < 4.78 is 0. The number of carbonyl (C=O) groups excluding carboxylic acids is 2. The highest BCUT2D eigenvalue weighted by Gasteiger charge is 2.25. The highest BCUT2D eigenvalue weighted by Crippen LogP contribution is 2.26. The number of hydrogen-bond donors (Lipinski definition) is 1. The Morgan fingerprint density at radius 1 is 1.13 bits per heavy atom. The first kappa shape index (κ1) is 28.1. The molecule has 4 rings (SSSR count). The van der Waals surface area contributed by atoms with E-state index in [9.17, 15) is 14.9 Å². The molecule has 0 bridgehead atoms. The lowest BCUT2D eigenvalue weighted by molar-refractivity contribution is -0.138. The van der Waals surface area contributed by atoms with E-state index in [-0.39, 0.29) is 24.4 Å². The fraction of sp³-hybridized carbons (Fsp3) is 0.364. The monoisotopic (exact) mass is 522 g/mol. The molecule has 1 heterocycles. The number of likely N-dealkylation sites (tertiary alicyclic amines) is 1. The molecule has 1 aliphatic heterocycles. The average molecular weight is 523 g/mol. The Bertz CT molecular complexity index is 1310. The van der Waals surface area contributed by atoms with Crippen molar-refractivity contribution in [2.75, 3.05) is 26.2 Å². The zero-order valence-corrected chi connectivity index (χ0v) is 23.2. The fourth-order valence-electron chi connectivity index (χ4n) is 5.25. The van der Waals surface area contributed by atoms with Crippen molar-refractivity contribution in [2.24, 2.45) is 5.92 Å². The molecule has 6 nitrogen and oxygen atoms in total. The van der Waals surface area contributed by atoms with Crippen molar-refractivity contribution in [1.29, 1.82) is 5.26 Å². The van der Waals surface area contributed by atoms with Gasteiger partial charge < -0.3 is 15.1 Å². The first-order valence-electron chi connectivity index (χ1n) is 13.8. The second-order valence-corrected chi connectivity index (χ2v) is 10.6. The van der Waals surface area contributed by atoms with Crippen LogP contribution in [-0.4, -0.2) is 47.8 Å². The molecular weight excluding hydrogens is 484 g/mol. The molecule has 0 spiro atoms. The Hall–Kier alpha value is -3.95. The van der Waals surface area contributed by atoms with Crippen molar-refractivity contribution < 1.29 is 9.59 Å². The fourth-order valence-corrected chi connectivity index (χ4v) is 5.25. The van der Waals surface area contributed by atoms with Crippen LogP contribution in [0.5, 0.6) is 0 Å². The highest BCUT2D eigenvalue weighted by molar-refractivity contribution is 5.86. The first-order chi connectivity index (χ1) is 18.8. The van der Waals surface area contributed by atoms with Crippen LogP contribution < -0.4 is 5.32 Å². The van der Waals surface area contributed by atoms with Crippen LogP contribution in [0.3, 0.4) is 0 Å². The Balaban J connectivity index is 1.50. The molecule has 2 unspecified atom stereocenters. The van der Waals surface area contributed by atoms with Crippen molar-refractivity contribution in [3.8, 4) is 17.2 Å². The van der Waals surface area contributed by atoms with Crippen molar-refractivity contribution in [3.63, 3.8) is 0 Å². The van der Waals surface area contributed by atoms with Gasteiger partial charge in [0.1, 0.15) is 6.54 Å². The molecular formula is C33H38N4O2. The summed E-state index contributed by atoms with van der Waals surface area (Å²) in [7, 11) is 0. The van der Waals surface area contributed by atoms with Gasteiger partial charge in [-0.15, -0.1) is 0 Å². The topological polar surface area (TPSA) is 76.4 Å². The Morgan fingerprint density at radius 2 is 1.87 bits per heavy atom. The predicted octanol–water partition coefficient (Wildman–Crippen LogP) is 5.75. The summed E-state index contributed by atoms with van der Waals surface area (Å²) in [6.45, 7) is 8.86. The number of nitriles is 1. The van der Waals surface area contributed by atoms with Crippen LogP contribution in [-0.2, 0) is 9.59 Å². The number of carbonyl (C=O) groups is 2. The van der Waals surface area contributed by atoms with Gasteiger partial charge in [-0.25, -0.2) is 0 Å². The lowest BCUT2D eigenvalue weighted by atomic mass is 9.99. The van der Waals surface area contributed by atoms with E-state index in [1.807, 2.05) is 68.5 Å². The van der Waals surface area contributed by atoms with Crippen LogP contribution in [0.1, 0.15) is 57.2 Å². The van der Waals surface area contributed by atoms with E-state index in [2.05, 4.69) is 35.4 Å². The standard InChI is InChI=1S/C33H38N4O2/c1-24-9-14-31(20-25(2)19-24)35-32(38)23-37(33(39)15-18-36-16-4-5-17-36)26(3)28-10-12-29(13-11-28)30-8-6-7-27(21-30)22-34/h6-14,19-21,24,26H,4-5,15-18,23H2,1-3H3,(H,35,38). The van der Waals surface area contributed by atoms with Gasteiger partial charge in [-0.3, -0.25) is 9.59 Å². The van der Waals surface area contributed by atoms with Crippen molar-refractivity contribution >= 4 is 11.8 Å². The molecule has 1 N–H and O–H groups in total. The molecule has 2 aromatic rings. The number of hydrogen-bond acceptors (Lipinski definition) is 4. The quantitative estimate of drug-likeness (QED) is 0.455. The first-order valence-corrected chi connectivity index (χ1v) is 13.8. The molecule has 39 heavy (non-hydrogen) atoms. The molecule has 2 aromatic carbocycles. The van der Waals surface area contributed by atoms with Gasteiger partial charge in [0.15, 0.2) is 0 Å². The second-order valence-electron chi connectivity index (χ2n) is 10.6. The Labute approximate surface area is 232 Å². The summed E-state index contributed by atoms with van der Waals surface area (Å²) in [5.74, 6) is 0.0645. The molecule has 1 saturated heterocycles. The highest BCUT2D eigenvalue weighted by atomic mass is 16.2. The van der Waals surface area contributed by atoms with Gasteiger partial charge in [-0.2, -0.15) is 5.26 Å². The summed E-state index contributed by atoms with van der Waals surface area (Å²) in [5.41, 5.74) is 5.37. The summed E-state index contributed by atoms with van der Waals surface area (Å²) in [6, 6.07) is 17.4. The maximum atomic E-state index is 13.5. The van der Waals surface area contributed by atoms with Gasteiger partial charge in [0, 0.05) is 18.7 Å². The SMILES string of the molecule is CC1=CC(C)C=CC(NC(=O)CN(C(=O)CCN2CCCC2)C(C)c2ccc(-c3cccc(C#N)c3)cc2)=C1. The zero-order chi connectivity index (χ0) is 27.8. The molecule has 0 radical (unpaired) electrons. The largest absolute Gasteiger partial charge is 0.327 e. The lowest BCUT2D eigenvalue weighted by Gasteiger charge is -2.30. The summed E-state index contributed by atoms with van der Waals surface area (Å²) in [5, 5.41) is 12.2. The van der Waals surface area contributed by atoms with E-state index < -0.39 is 0 Å². The van der Waals surface area contributed by atoms with Gasteiger partial charge in [-0.05, 0) is 86.7 Å². The number of nitrogens with zero attached hydrogens (tertiary/aromatic N) is 3. The minimum absolute atomic E-state index is 0.0184. The molecule has 1 aliphatic carbocycles. The minimum Gasteiger partial charge on any atom is -0.327 e. The summed E-state index contributed by atoms with van der Waals surface area (Å²) in [4.78, 5) is 30.7. The number of nitrogens with one attached hydrogen (secondary N) is 1. The van der Waals surface area contributed by atoms with Gasteiger partial charge >= 0.3 is 0 Å². The second kappa shape index (κ2) is 13.2. The maximum absolute atomic E-state index is 13.5. The van der Waals surface area contributed by atoms with Gasteiger partial charge in [0.05, 0.1) is 17.7 Å². The molecule has 1 fully saturated rings. The van der Waals surface area contributed by atoms with E-state index >= 15 is 0 Å². The number of amides is 2. The van der Waals surface area contributed by atoms with Crippen molar-refractivity contribution in [1.82, 2.24) is 15.1 Å². The van der Waals surface area contributed by atoms with E-state index in [0.29, 0.717) is 24.4 Å². The van der Waals surface area contributed by atoms with E-state index in [4.69, 9.17) is 0 Å². The van der Waals surface area contributed by atoms with Crippen LogP contribution in [0.2, 0.25) is 0 Å². The average Bonchev–Trinajstić information content (AvgIpc) is 3.41. The van der Waals surface area contributed by atoms with Crippen LogP contribution in [0, 0.1) is 17.2 Å². The third-order valence-electron chi connectivity index (χ3n) is 7.43. The van der Waals surface area contributed by atoms with Gasteiger partial charge in [0.2, 0.25) is 11.8 Å². The normalized spacial score (nSPS) is 17.9. The minimum atomic E-state index is -0.276. The Morgan fingerprint density at radius 3 is 2.59 bits per heavy atom. The van der Waals surface area contributed by atoms with Crippen LogP contribution in [0.15, 0.2) is 84.1 Å². The molecule has 2 aliphatic rings. The van der Waals surface area contributed by atoms with Gasteiger partial charge in [-0.1, -0.05) is 61.0 Å². The van der Waals surface area contributed by atoms with E-state index in [0.717, 1.165) is 41.1 Å². The number of rotatable bonds is 9. The molecule has 6 heteroatoms. The molecule has 2 amide bonds. The smallest absolute Gasteiger partial charge is 0.244 e. The predicted molar refractivity (Wildman–Crippen MR) is 155 cm³/mol. The van der Waals surface area contributed by atoms with Crippen LogP contribution >= 0.6 is 0 Å². The summed E-state index contributed by atoms with van der Waals surface area (Å²) >= 11 is 0. The molecule has 202 valence electrons. The van der Waals surface area contributed by atoms with Gasteiger partial charge in [0.25, 0.3) is 0 Å². The van der Waals surface area contributed by atoms with E-state index in [1.54, 1.807) is 11.0 Å². The summed E-state index contributed by atoms with van der Waals surface area (Å²) in [6.07, 6.45) is 10.8. The third kappa shape index (κ3) is 7.78. The number of benzene rings is 2. The zero-order valence-electron chi connectivity index (χ0n) is 23.2. The molecule has 0 saturated carbocycles. The van der Waals surface area contributed by atoms with Crippen LogP contribution in [0.4, 0.5) is 0 Å². The van der Waals surface area contributed by atoms with Crippen molar-refractivity contribution in [3.05, 3.63) is 95.2 Å². The third-order valence-corrected chi connectivity index (χ3v) is 7.43. The van der Waals surface area contributed by atoms with Crippen molar-refractivity contribution in [2.45, 2.75) is 46.1 Å². The van der Waals surface area contributed by atoms with E-state index in [1.165, 1.54) is 12.8 Å². The molecule has 2 atom stereocenters. The van der Waals surface area contributed by atoms with Crippen LogP contribution in [0.25, 0.3) is 11.1 Å². The maximum Gasteiger partial charge on any atom is 0.244 e. The lowest BCUT2D eigenvalue weighted by Crippen LogP contribution is -2.42. The molecule has 0 aromatic heterocycles. The number of allylic oxidation sites excluding steroid dienone is 5.